The average molecular weight is 479 g/mol. The summed E-state index contributed by atoms with van der Waals surface area (Å²) in [5.74, 6) is -0.711. The lowest BCUT2D eigenvalue weighted by molar-refractivity contribution is -0.113. The summed E-state index contributed by atoms with van der Waals surface area (Å²) >= 11 is 0. The molecule has 0 unspecified atom stereocenters. The molecule has 4 aromatic rings. The van der Waals surface area contributed by atoms with E-state index in [0.717, 1.165) is 0 Å². The molecule has 5 rings (SSSR count). The van der Waals surface area contributed by atoms with Gasteiger partial charge in [-0.25, -0.2) is 17.8 Å². The minimum atomic E-state index is -4.15. The lowest BCUT2D eigenvalue weighted by atomic mass is 10.2. The van der Waals surface area contributed by atoms with Crippen LogP contribution in [0.3, 0.4) is 0 Å². The number of hydrogen-bond acceptors (Lipinski definition) is 6. The number of benzene rings is 3. The van der Waals surface area contributed by atoms with E-state index in [-0.39, 0.29) is 17.5 Å². The van der Waals surface area contributed by atoms with Gasteiger partial charge in [-0.3, -0.25) is 4.79 Å². The van der Waals surface area contributed by atoms with Crippen LogP contribution in [-0.4, -0.2) is 36.8 Å². The minimum Gasteiger partial charge on any atom is -0.454 e. The van der Waals surface area contributed by atoms with Gasteiger partial charge in [0, 0.05) is 22.9 Å². The number of imidazole rings is 1. The standard InChI is InChI=1S/C24H18FN3O5S/c25-17-8-6-15(7-9-17)22-24(28-23(27-22)16-4-2-1-3-5-16)34(30,31)13-21(29)26-18-10-11-19-20(12-18)33-14-32-19/h1-12H,13-14H2,(H,26,29)(H,27,28). The molecule has 2 N–H and O–H groups in total. The van der Waals surface area contributed by atoms with Crippen molar-refractivity contribution in [2.75, 3.05) is 17.9 Å². The van der Waals surface area contributed by atoms with Crippen molar-refractivity contribution in [2.45, 2.75) is 5.03 Å². The number of fused-ring (bicyclic) bond motifs is 1. The lowest BCUT2D eigenvalue weighted by Gasteiger charge is -2.08. The Labute approximate surface area is 194 Å². The van der Waals surface area contributed by atoms with Gasteiger partial charge in [-0.05, 0) is 36.4 Å². The molecule has 1 aliphatic rings. The van der Waals surface area contributed by atoms with E-state index in [1.165, 1.54) is 24.3 Å². The number of ether oxygens (including phenoxy) is 2. The van der Waals surface area contributed by atoms with E-state index in [4.69, 9.17) is 9.47 Å². The highest BCUT2D eigenvalue weighted by Crippen LogP contribution is 2.34. The summed E-state index contributed by atoms with van der Waals surface area (Å²) < 4.78 is 50.5. The maximum Gasteiger partial charge on any atom is 0.240 e. The summed E-state index contributed by atoms with van der Waals surface area (Å²) in [6.07, 6.45) is 0. The Morgan fingerprint density at radius 1 is 0.971 bits per heavy atom. The first-order chi connectivity index (χ1) is 16.4. The van der Waals surface area contributed by atoms with Crippen LogP contribution in [0.4, 0.5) is 10.1 Å². The number of nitrogens with zero attached hydrogens (tertiary/aromatic N) is 1. The molecule has 2 heterocycles. The van der Waals surface area contributed by atoms with E-state index in [0.29, 0.717) is 34.1 Å². The van der Waals surface area contributed by atoms with Gasteiger partial charge >= 0.3 is 0 Å². The molecular weight excluding hydrogens is 461 g/mol. The summed E-state index contributed by atoms with van der Waals surface area (Å²) in [6, 6.07) is 19.0. The number of anilines is 1. The highest BCUT2D eigenvalue weighted by molar-refractivity contribution is 7.92. The van der Waals surface area contributed by atoms with Crippen molar-refractivity contribution < 1.29 is 27.1 Å². The number of nitrogens with one attached hydrogen (secondary N) is 2. The maximum atomic E-state index is 13.5. The van der Waals surface area contributed by atoms with Gasteiger partial charge < -0.3 is 19.8 Å². The molecule has 8 nitrogen and oxygen atoms in total. The molecule has 1 aromatic heterocycles. The first-order valence-corrected chi connectivity index (χ1v) is 11.9. The van der Waals surface area contributed by atoms with Crippen molar-refractivity contribution in [3.05, 3.63) is 78.6 Å². The van der Waals surface area contributed by atoms with E-state index in [1.54, 1.807) is 42.5 Å². The number of H-pyrrole nitrogens is 1. The zero-order valence-corrected chi connectivity index (χ0v) is 18.4. The third-order valence-electron chi connectivity index (χ3n) is 5.12. The molecule has 0 radical (unpaired) electrons. The predicted octanol–water partition coefficient (Wildman–Crippen LogP) is 4.02. The van der Waals surface area contributed by atoms with Crippen LogP contribution in [-0.2, 0) is 14.6 Å². The molecule has 172 valence electrons. The van der Waals surface area contributed by atoms with Crippen molar-refractivity contribution in [2.24, 2.45) is 0 Å². The van der Waals surface area contributed by atoms with Gasteiger partial charge in [0.2, 0.25) is 22.5 Å². The van der Waals surface area contributed by atoms with Crippen molar-refractivity contribution in [3.8, 4) is 34.1 Å². The van der Waals surface area contributed by atoms with Gasteiger partial charge in [0.25, 0.3) is 0 Å². The Bertz CT molecular complexity index is 1470. The van der Waals surface area contributed by atoms with Crippen LogP contribution in [0.15, 0.2) is 77.8 Å². The number of sulfone groups is 1. The second-order valence-electron chi connectivity index (χ2n) is 7.51. The Morgan fingerprint density at radius 3 is 2.47 bits per heavy atom. The van der Waals surface area contributed by atoms with Crippen molar-refractivity contribution in [3.63, 3.8) is 0 Å². The molecule has 0 bridgehead atoms. The molecule has 0 saturated carbocycles. The highest BCUT2D eigenvalue weighted by Gasteiger charge is 2.28. The first-order valence-electron chi connectivity index (χ1n) is 10.2. The molecule has 0 aliphatic carbocycles. The quantitative estimate of drug-likeness (QED) is 0.432. The molecule has 0 atom stereocenters. The minimum absolute atomic E-state index is 0.0802. The molecule has 0 fully saturated rings. The van der Waals surface area contributed by atoms with Crippen LogP contribution < -0.4 is 14.8 Å². The summed E-state index contributed by atoms with van der Waals surface area (Å²) in [5, 5.41) is 2.34. The fraction of sp³-hybridized carbons (Fsp3) is 0.0833. The number of halogens is 1. The molecule has 1 amide bonds. The predicted molar refractivity (Wildman–Crippen MR) is 123 cm³/mol. The topological polar surface area (TPSA) is 110 Å². The number of carbonyl (C=O) groups excluding carboxylic acids is 1. The van der Waals surface area contributed by atoms with Crippen LogP contribution in [0.25, 0.3) is 22.6 Å². The number of amides is 1. The first kappa shape index (κ1) is 21.7. The molecule has 1 aliphatic heterocycles. The Balaban J connectivity index is 1.46. The molecular formula is C24H18FN3O5S. The summed E-state index contributed by atoms with van der Waals surface area (Å²) in [7, 11) is -4.15. The van der Waals surface area contributed by atoms with Gasteiger partial charge in [-0.15, -0.1) is 0 Å². The van der Waals surface area contributed by atoms with E-state index >= 15 is 0 Å². The monoisotopic (exact) mass is 479 g/mol. The number of aromatic amines is 1. The van der Waals surface area contributed by atoms with E-state index < -0.39 is 27.3 Å². The number of carbonyl (C=O) groups is 1. The zero-order valence-electron chi connectivity index (χ0n) is 17.6. The van der Waals surface area contributed by atoms with Gasteiger partial charge in [0.05, 0.1) is 0 Å². The van der Waals surface area contributed by atoms with E-state index in [2.05, 4.69) is 15.3 Å². The third kappa shape index (κ3) is 4.35. The molecule has 0 spiro atoms. The summed E-state index contributed by atoms with van der Waals surface area (Å²) in [4.78, 5) is 19.9. The van der Waals surface area contributed by atoms with Gasteiger partial charge in [-0.2, -0.15) is 0 Å². The molecule has 10 heteroatoms. The maximum absolute atomic E-state index is 13.5. The van der Waals surface area contributed by atoms with Crippen LogP contribution in [0.1, 0.15) is 0 Å². The van der Waals surface area contributed by atoms with Crippen molar-refractivity contribution >= 4 is 21.4 Å². The van der Waals surface area contributed by atoms with E-state index in [9.17, 15) is 17.6 Å². The lowest BCUT2D eigenvalue weighted by Crippen LogP contribution is -2.23. The van der Waals surface area contributed by atoms with Crippen molar-refractivity contribution in [1.29, 1.82) is 0 Å². The number of aromatic nitrogens is 2. The second kappa shape index (κ2) is 8.64. The van der Waals surface area contributed by atoms with E-state index in [1.807, 2.05) is 6.07 Å². The summed E-state index contributed by atoms with van der Waals surface area (Å²) in [6.45, 7) is 0.0802. The fourth-order valence-corrected chi connectivity index (χ4v) is 4.81. The smallest absolute Gasteiger partial charge is 0.240 e. The average Bonchev–Trinajstić information content (AvgIpc) is 3.47. The Kier molecular flexibility index (Phi) is 5.50. The van der Waals surface area contributed by atoms with Gasteiger partial charge in [0.15, 0.2) is 16.5 Å². The van der Waals surface area contributed by atoms with Crippen LogP contribution in [0, 0.1) is 5.82 Å². The molecule has 34 heavy (non-hydrogen) atoms. The fourth-order valence-electron chi connectivity index (χ4n) is 3.53. The van der Waals surface area contributed by atoms with Gasteiger partial charge in [-0.1, -0.05) is 30.3 Å². The normalized spacial score (nSPS) is 12.5. The van der Waals surface area contributed by atoms with Crippen molar-refractivity contribution in [1.82, 2.24) is 9.97 Å². The molecule has 0 saturated heterocycles. The third-order valence-corrected chi connectivity index (χ3v) is 6.68. The van der Waals surface area contributed by atoms with Crippen LogP contribution in [0.5, 0.6) is 11.5 Å². The van der Waals surface area contributed by atoms with Crippen LogP contribution in [0.2, 0.25) is 0 Å². The number of hydrogen-bond donors (Lipinski definition) is 2. The second-order valence-corrected chi connectivity index (χ2v) is 9.44. The SMILES string of the molecule is O=C(CS(=O)(=O)c1[nH]c(-c2ccccc2)nc1-c1ccc(F)cc1)Nc1ccc2c(c1)OCO2. The Morgan fingerprint density at radius 2 is 1.71 bits per heavy atom. The molecule has 3 aromatic carbocycles. The van der Waals surface area contributed by atoms with Crippen LogP contribution >= 0.6 is 0 Å². The van der Waals surface area contributed by atoms with Gasteiger partial charge in [0.1, 0.15) is 23.1 Å². The largest absolute Gasteiger partial charge is 0.454 e. The highest BCUT2D eigenvalue weighted by atomic mass is 32.2. The summed E-state index contributed by atoms with van der Waals surface area (Å²) in [5.41, 5.74) is 1.54. The number of rotatable bonds is 6. The Hall–Kier alpha value is -4.18. The zero-order chi connectivity index (χ0) is 23.7.